The van der Waals surface area contributed by atoms with E-state index in [2.05, 4.69) is 15.0 Å². The van der Waals surface area contributed by atoms with Crippen LogP contribution in [0.25, 0.3) is 11.2 Å². The van der Waals surface area contributed by atoms with E-state index in [1.54, 1.807) is 0 Å². The van der Waals surface area contributed by atoms with E-state index in [4.69, 9.17) is 9.84 Å². The minimum atomic E-state index is -0.793. The fraction of sp³-hybridized carbons (Fsp3) is 0.500. The van der Waals surface area contributed by atoms with Crippen LogP contribution in [0.3, 0.4) is 0 Å². The van der Waals surface area contributed by atoms with E-state index >= 15 is 0 Å². The molecule has 3 rings (SSSR count). The zero-order valence-corrected chi connectivity index (χ0v) is 9.35. The molecule has 0 aliphatic carbocycles. The van der Waals surface area contributed by atoms with E-state index in [-0.39, 0.29) is 18.7 Å². The van der Waals surface area contributed by atoms with Gasteiger partial charge in [-0.05, 0) is 0 Å². The number of aromatic nitrogens is 4. The van der Waals surface area contributed by atoms with Crippen LogP contribution in [-0.2, 0) is 4.74 Å². The van der Waals surface area contributed by atoms with Crippen LogP contribution in [0.1, 0.15) is 12.6 Å². The highest BCUT2D eigenvalue weighted by Gasteiger charge is 2.36. The molecule has 8 nitrogen and oxygen atoms in total. The van der Waals surface area contributed by atoms with Crippen LogP contribution in [0, 0.1) is 0 Å². The molecule has 96 valence electrons. The molecule has 3 heterocycles. The second-order valence-electron chi connectivity index (χ2n) is 4.17. The Morgan fingerprint density at radius 3 is 3.17 bits per heavy atom. The number of aromatic amines is 1. The van der Waals surface area contributed by atoms with E-state index in [0.29, 0.717) is 11.2 Å². The molecule has 0 bridgehead atoms. The summed E-state index contributed by atoms with van der Waals surface area (Å²) in [6.45, 7) is -0.288. The highest BCUT2D eigenvalue weighted by Crippen LogP contribution is 2.28. The van der Waals surface area contributed by atoms with Crippen molar-refractivity contribution in [3.8, 4) is 0 Å². The first-order chi connectivity index (χ1) is 8.70. The third kappa shape index (κ3) is 1.62. The van der Waals surface area contributed by atoms with Gasteiger partial charge in [0.2, 0.25) is 0 Å². The minimum absolute atomic E-state index is 0.238. The molecule has 1 fully saturated rings. The monoisotopic (exact) mass is 252 g/mol. The number of nitrogens with one attached hydrogen (secondary N) is 1. The summed E-state index contributed by atoms with van der Waals surface area (Å²) in [7, 11) is 0. The number of H-pyrrole nitrogens is 1. The van der Waals surface area contributed by atoms with Gasteiger partial charge >= 0.3 is 5.69 Å². The maximum atomic E-state index is 11.8. The Hall–Kier alpha value is -1.77. The van der Waals surface area contributed by atoms with Crippen LogP contribution < -0.4 is 5.69 Å². The molecule has 8 heteroatoms. The molecule has 3 atom stereocenters. The van der Waals surface area contributed by atoms with Gasteiger partial charge in [0.05, 0.1) is 18.9 Å². The van der Waals surface area contributed by atoms with Crippen LogP contribution in [0.4, 0.5) is 0 Å². The number of imidazole rings is 1. The van der Waals surface area contributed by atoms with Gasteiger partial charge in [0.1, 0.15) is 24.2 Å². The zero-order valence-electron chi connectivity index (χ0n) is 9.35. The minimum Gasteiger partial charge on any atom is -0.394 e. The topological polar surface area (TPSA) is 113 Å². The van der Waals surface area contributed by atoms with Crippen molar-refractivity contribution in [2.24, 2.45) is 0 Å². The molecule has 2 aromatic heterocycles. The summed E-state index contributed by atoms with van der Waals surface area (Å²) in [5.74, 6) is 0. The molecule has 1 saturated heterocycles. The first-order valence-electron chi connectivity index (χ1n) is 5.55. The number of nitrogens with zero attached hydrogens (tertiary/aromatic N) is 3. The van der Waals surface area contributed by atoms with Crippen LogP contribution in [-0.4, -0.2) is 48.5 Å². The standard InChI is InChI=1S/C10H12N4O4/c15-3-7-6(16)1-8(18-7)14-9-5(13-10(14)17)2-11-4-12-9/h2,4,6-8,15-16H,1,3H2,(H,13,17)/t6-,7?,8?/m1/s1. The lowest BCUT2D eigenvalue weighted by atomic mass is 10.2. The molecule has 2 aromatic rings. The van der Waals surface area contributed by atoms with E-state index in [1.165, 1.54) is 17.1 Å². The maximum absolute atomic E-state index is 11.8. The van der Waals surface area contributed by atoms with Crippen molar-refractivity contribution in [3.05, 3.63) is 23.0 Å². The number of fused-ring (bicyclic) bond motifs is 1. The van der Waals surface area contributed by atoms with Crippen LogP contribution in [0.2, 0.25) is 0 Å². The number of aliphatic hydroxyl groups is 2. The van der Waals surface area contributed by atoms with E-state index in [9.17, 15) is 9.90 Å². The summed E-state index contributed by atoms with van der Waals surface area (Å²) in [5.41, 5.74) is 0.556. The van der Waals surface area contributed by atoms with Gasteiger partial charge in [0.15, 0.2) is 5.65 Å². The number of aliphatic hydroxyl groups excluding tert-OH is 2. The normalized spacial score (nSPS) is 28.0. The largest absolute Gasteiger partial charge is 0.394 e. The Balaban J connectivity index is 2.05. The molecule has 0 saturated carbocycles. The molecular weight excluding hydrogens is 240 g/mol. The maximum Gasteiger partial charge on any atom is 0.329 e. The highest BCUT2D eigenvalue weighted by molar-refractivity contribution is 5.68. The number of ether oxygens (including phenoxy) is 1. The Labute approximate surface area is 101 Å². The van der Waals surface area contributed by atoms with Crippen LogP contribution in [0.15, 0.2) is 17.3 Å². The Kier molecular flexibility index (Phi) is 2.62. The van der Waals surface area contributed by atoms with Crippen molar-refractivity contribution in [3.63, 3.8) is 0 Å². The van der Waals surface area contributed by atoms with Crippen molar-refractivity contribution in [2.75, 3.05) is 6.61 Å². The highest BCUT2D eigenvalue weighted by atomic mass is 16.5. The molecule has 0 radical (unpaired) electrons. The van der Waals surface area contributed by atoms with Gasteiger partial charge in [-0.1, -0.05) is 0 Å². The second kappa shape index (κ2) is 4.16. The quantitative estimate of drug-likeness (QED) is 0.616. The van der Waals surface area contributed by atoms with Gasteiger partial charge in [-0.15, -0.1) is 0 Å². The smallest absolute Gasteiger partial charge is 0.329 e. The van der Waals surface area contributed by atoms with Crippen LogP contribution >= 0.6 is 0 Å². The fourth-order valence-electron chi connectivity index (χ4n) is 2.18. The molecule has 1 aliphatic heterocycles. The third-order valence-corrected chi connectivity index (χ3v) is 3.05. The summed E-state index contributed by atoms with van der Waals surface area (Å²) < 4.78 is 6.77. The predicted molar refractivity (Wildman–Crippen MR) is 59.8 cm³/mol. The molecule has 3 N–H and O–H groups in total. The third-order valence-electron chi connectivity index (χ3n) is 3.05. The molecule has 0 aromatic carbocycles. The number of hydrogen-bond donors (Lipinski definition) is 3. The SMILES string of the molecule is O=c1[nH]c2cncnc2n1C1C[C@@H](O)C(CO)O1. The van der Waals surface area contributed by atoms with Gasteiger partial charge < -0.3 is 19.9 Å². The summed E-state index contributed by atoms with van der Waals surface area (Å²) in [5, 5.41) is 18.7. The van der Waals surface area contributed by atoms with E-state index < -0.39 is 18.4 Å². The Bertz CT molecular complexity index is 622. The second-order valence-corrected chi connectivity index (χ2v) is 4.17. The first kappa shape index (κ1) is 11.3. The summed E-state index contributed by atoms with van der Waals surface area (Å²) in [6, 6.07) is 0. The molecule has 1 aliphatic rings. The van der Waals surface area contributed by atoms with Gasteiger partial charge in [-0.3, -0.25) is 0 Å². The van der Waals surface area contributed by atoms with E-state index in [1.807, 2.05) is 0 Å². The first-order valence-corrected chi connectivity index (χ1v) is 5.55. The van der Waals surface area contributed by atoms with Crippen molar-refractivity contribution in [2.45, 2.75) is 24.9 Å². The lowest BCUT2D eigenvalue weighted by Gasteiger charge is -2.12. The summed E-state index contributed by atoms with van der Waals surface area (Å²) in [4.78, 5) is 22.3. The van der Waals surface area contributed by atoms with Crippen molar-refractivity contribution < 1.29 is 14.9 Å². The van der Waals surface area contributed by atoms with Gasteiger partial charge in [0.25, 0.3) is 0 Å². The molecule has 0 spiro atoms. The van der Waals surface area contributed by atoms with E-state index in [0.717, 1.165) is 0 Å². The van der Waals surface area contributed by atoms with Gasteiger partial charge in [0, 0.05) is 6.42 Å². The average molecular weight is 252 g/mol. The zero-order chi connectivity index (χ0) is 12.7. The van der Waals surface area contributed by atoms with Crippen molar-refractivity contribution in [1.82, 2.24) is 19.5 Å². The number of hydrogen-bond acceptors (Lipinski definition) is 6. The number of rotatable bonds is 2. The molecule has 2 unspecified atom stereocenters. The van der Waals surface area contributed by atoms with Crippen molar-refractivity contribution >= 4 is 11.2 Å². The van der Waals surface area contributed by atoms with Gasteiger partial charge in [-0.25, -0.2) is 19.3 Å². The molecule has 18 heavy (non-hydrogen) atoms. The Morgan fingerprint density at radius 1 is 1.61 bits per heavy atom. The van der Waals surface area contributed by atoms with Crippen LogP contribution in [0.5, 0.6) is 0 Å². The molecule has 0 amide bonds. The fourth-order valence-corrected chi connectivity index (χ4v) is 2.18. The van der Waals surface area contributed by atoms with Crippen molar-refractivity contribution in [1.29, 1.82) is 0 Å². The average Bonchev–Trinajstić information content (AvgIpc) is 2.88. The lowest BCUT2D eigenvalue weighted by Crippen LogP contribution is -2.25. The molecular formula is C10H12N4O4. The summed E-state index contributed by atoms with van der Waals surface area (Å²) >= 11 is 0. The summed E-state index contributed by atoms with van der Waals surface area (Å²) in [6.07, 6.45) is 0.971. The predicted octanol–water partition coefficient (Wildman–Crippen LogP) is -1.24. The lowest BCUT2D eigenvalue weighted by molar-refractivity contribution is -0.0441. The Morgan fingerprint density at radius 2 is 2.44 bits per heavy atom. The van der Waals surface area contributed by atoms with Gasteiger partial charge in [-0.2, -0.15) is 0 Å².